The Hall–Kier alpha value is -3.14. The van der Waals surface area contributed by atoms with Crippen molar-refractivity contribution in [1.82, 2.24) is 9.97 Å². The van der Waals surface area contributed by atoms with Crippen LogP contribution in [0, 0.1) is 18.3 Å². The van der Waals surface area contributed by atoms with Gasteiger partial charge in [0.25, 0.3) is 5.91 Å². The second-order valence-corrected chi connectivity index (χ2v) is 6.43. The monoisotopic (exact) mass is 397 g/mol. The van der Waals surface area contributed by atoms with Gasteiger partial charge in [-0.15, -0.1) is 0 Å². The summed E-state index contributed by atoms with van der Waals surface area (Å²) in [7, 11) is 0. The Morgan fingerprint density at radius 1 is 1.11 bits per heavy atom. The summed E-state index contributed by atoms with van der Waals surface area (Å²) in [6.45, 7) is 1.68. The smallest absolute Gasteiger partial charge is 0.274 e. The first-order valence-electron chi connectivity index (χ1n) is 7.84. The number of carbonyl (C=O) groups is 1. The number of hydrogen-bond donors (Lipinski definition) is 2. The highest BCUT2D eigenvalue weighted by Gasteiger charge is 2.12. The lowest BCUT2D eigenvalue weighted by Crippen LogP contribution is -2.15. The van der Waals surface area contributed by atoms with Crippen molar-refractivity contribution in [3.63, 3.8) is 0 Å². The van der Waals surface area contributed by atoms with Gasteiger partial charge in [-0.25, -0.2) is 9.97 Å². The third kappa shape index (κ3) is 4.73. The topological polar surface area (TPSA) is 90.7 Å². The molecule has 134 valence electrons. The average molecular weight is 398 g/mol. The predicted molar refractivity (Wildman–Crippen MR) is 106 cm³/mol. The van der Waals surface area contributed by atoms with Gasteiger partial charge in [0.15, 0.2) is 0 Å². The van der Waals surface area contributed by atoms with E-state index in [2.05, 4.69) is 20.6 Å². The molecule has 1 heterocycles. The minimum absolute atomic E-state index is 0.178. The van der Waals surface area contributed by atoms with Gasteiger partial charge in [0.1, 0.15) is 17.3 Å². The molecule has 1 aromatic heterocycles. The molecule has 0 spiro atoms. The van der Waals surface area contributed by atoms with Crippen LogP contribution in [0.4, 0.5) is 17.2 Å². The number of rotatable bonds is 4. The van der Waals surface area contributed by atoms with Crippen LogP contribution in [0.2, 0.25) is 10.0 Å². The van der Waals surface area contributed by atoms with Crippen molar-refractivity contribution in [3.05, 3.63) is 75.7 Å². The molecule has 2 aromatic carbocycles. The van der Waals surface area contributed by atoms with Crippen LogP contribution < -0.4 is 10.6 Å². The minimum atomic E-state index is -0.416. The first kappa shape index (κ1) is 18.6. The number of benzene rings is 2. The van der Waals surface area contributed by atoms with Crippen LogP contribution in [-0.2, 0) is 0 Å². The molecule has 2 N–H and O–H groups in total. The molecule has 27 heavy (non-hydrogen) atoms. The highest BCUT2D eigenvalue weighted by atomic mass is 35.5. The van der Waals surface area contributed by atoms with Crippen LogP contribution in [-0.4, -0.2) is 15.9 Å². The summed E-state index contributed by atoms with van der Waals surface area (Å²) >= 11 is 12.1. The van der Waals surface area contributed by atoms with Crippen LogP contribution in [0.25, 0.3) is 0 Å². The molecular formula is C19H13Cl2N5O. The second-order valence-electron chi connectivity index (χ2n) is 5.58. The molecule has 0 bridgehead atoms. The van der Waals surface area contributed by atoms with Crippen molar-refractivity contribution < 1.29 is 4.79 Å². The van der Waals surface area contributed by atoms with E-state index >= 15 is 0 Å². The molecule has 0 aliphatic carbocycles. The number of aromatic nitrogens is 2. The molecule has 3 aromatic rings. The van der Waals surface area contributed by atoms with Gasteiger partial charge in [0.05, 0.1) is 22.3 Å². The second kappa shape index (κ2) is 8.04. The molecule has 0 fully saturated rings. The zero-order chi connectivity index (χ0) is 19.4. The van der Waals surface area contributed by atoms with E-state index in [-0.39, 0.29) is 5.69 Å². The van der Waals surface area contributed by atoms with Crippen molar-refractivity contribution in [2.24, 2.45) is 0 Å². The van der Waals surface area contributed by atoms with Crippen LogP contribution in [0.5, 0.6) is 0 Å². The number of amides is 1. The van der Waals surface area contributed by atoms with Crippen LogP contribution in [0.15, 0.2) is 48.5 Å². The largest absolute Gasteiger partial charge is 0.339 e. The maximum Gasteiger partial charge on any atom is 0.274 e. The van der Waals surface area contributed by atoms with Crippen LogP contribution in [0.3, 0.4) is 0 Å². The number of nitrogens with one attached hydrogen (secondary N) is 2. The lowest BCUT2D eigenvalue weighted by Gasteiger charge is -2.10. The Morgan fingerprint density at radius 2 is 1.93 bits per heavy atom. The molecular weight excluding hydrogens is 385 g/mol. The average Bonchev–Trinajstić information content (AvgIpc) is 2.64. The Morgan fingerprint density at radius 3 is 2.67 bits per heavy atom. The molecule has 1 amide bonds. The van der Waals surface area contributed by atoms with E-state index in [1.165, 1.54) is 6.07 Å². The Bertz CT molecular complexity index is 1060. The number of aryl methyl sites for hydroxylation is 1. The molecule has 0 radical (unpaired) electrons. The quantitative estimate of drug-likeness (QED) is 0.648. The van der Waals surface area contributed by atoms with Gasteiger partial charge >= 0.3 is 0 Å². The first-order valence-corrected chi connectivity index (χ1v) is 8.59. The fourth-order valence-corrected chi connectivity index (χ4v) is 2.79. The number of nitriles is 1. The van der Waals surface area contributed by atoms with Gasteiger partial charge < -0.3 is 10.6 Å². The van der Waals surface area contributed by atoms with E-state index in [0.717, 1.165) is 0 Å². The normalized spacial score (nSPS) is 10.1. The molecule has 0 unspecified atom stereocenters. The summed E-state index contributed by atoms with van der Waals surface area (Å²) in [5, 5.41) is 15.7. The van der Waals surface area contributed by atoms with Gasteiger partial charge in [0.2, 0.25) is 0 Å². The summed E-state index contributed by atoms with van der Waals surface area (Å²) in [6, 6.07) is 15.2. The van der Waals surface area contributed by atoms with Gasteiger partial charge in [-0.3, -0.25) is 4.79 Å². The van der Waals surface area contributed by atoms with E-state index in [4.69, 9.17) is 28.5 Å². The predicted octanol–water partition coefficient (Wildman–Crippen LogP) is 4.96. The molecule has 3 rings (SSSR count). The van der Waals surface area contributed by atoms with Gasteiger partial charge in [0, 0.05) is 16.8 Å². The summed E-state index contributed by atoms with van der Waals surface area (Å²) < 4.78 is 0. The number of halogens is 2. The highest BCUT2D eigenvalue weighted by Crippen LogP contribution is 2.28. The zero-order valence-electron chi connectivity index (χ0n) is 14.1. The SMILES string of the molecule is Cc1nc(Nc2ccc(Cl)cc2Cl)cc(C(=O)Nc2cccc(C#N)c2)n1. The highest BCUT2D eigenvalue weighted by molar-refractivity contribution is 6.36. The first-order chi connectivity index (χ1) is 12.9. The number of anilines is 3. The lowest BCUT2D eigenvalue weighted by atomic mass is 10.2. The summed E-state index contributed by atoms with van der Waals surface area (Å²) in [6.07, 6.45) is 0. The minimum Gasteiger partial charge on any atom is -0.339 e. The molecule has 6 nitrogen and oxygen atoms in total. The Balaban J connectivity index is 1.84. The van der Waals surface area contributed by atoms with E-state index in [9.17, 15) is 4.79 Å². The maximum absolute atomic E-state index is 12.5. The Labute approximate surface area is 165 Å². The summed E-state index contributed by atoms with van der Waals surface area (Å²) in [5.74, 6) is 0.421. The zero-order valence-corrected chi connectivity index (χ0v) is 15.6. The van der Waals surface area contributed by atoms with Gasteiger partial charge in [-0.1, -0.05) is 29.3 Å². The van der Waals surface area contributed by atoms with Crippen molar-refractivity contribution in [2.45, 2.75) is 6.92 Å². The number of hydrogen-bond acceptors (Lipinski definition) is 5. The third-order valence-corrected chi connectivity index (χ3v) is 4.06. The molecule has 0 saturated heterocycles. The summed E-state index contributed by atoms with van der Waals surface area (Å²) in [5.41, 5.74) is 1.74. The molecule has 0 saturated carbocycles. The molecule has 0 atom stereocenters. The Kier molecular flexibility index (Phi) is 5.55. The van der Waals surface area contributed by atoms with Crippen molar-refractivity contribution in [3.8, 4) is 6.07 Å². The van der Waals surface area contributed by atoms with Crippen molar-refractivity contribution in [1.29, 1.82) is 5.26 Å². The number of nitrogens with zero attached hydrogens (tertiary/aromatic N) is 3. The van der Waals surface area contributed by atoms with Gasteiger partial charge in [-0.05, 0) is 43.3 Å². The maximum atomic E-state index is 12.5. The fourth-order valence-electron chi connectivity index (χ4n) is 2.34. The summed E-state index contributed by atoms with van der Waals surface area (Å²) in [4.78, 5) is 21.0. The third-order valence-electron chi connectivity index (χ3n) is 3.51. The van der Waals surface area contributed by atoms with Crippen molar-refractivity contribution >= 4 is 46.3 Å². The van der Waals surface area contributed by atoms with E-state index < -0.39 is 5.91 Å². The molecule has 0 aliphatic heterocycles. The lowest BCUT2D eigenvalue weighted by molar-refractivity contribution is 0.102. The van der Waals surface area contributed by atoms with E-state index in [1.807, 2.05) is 6.07 Å². The van der Waals surface area contributed by atoms with Gasteiger partial charge in [-0.2, -0.15) is 5.26 Å². The number of carbonyl (C=O) groups excluding carboxylic acids is 1. The standard InChI is InChI=1S/C19H13Cl2N5O/c1-11-23-17(19(27)25-14-4-2-3-12(7-14)10-22)9-18(24-11)26-16-6-5-13(20)8-15(16)21/h2-9H,1H3,(H,25,27)(H,23,24,26). The molecule has 0 aliphatic rings. The van der Waals surface area contributed by atoms with Crippen LogP contribution in [0.1, 0.15) is 21.9 Å². The van der Waals surface area contributed by atoms with E-state index in [0.29, 0.717) is 38.6 Å². The van der Waals surface area contributed by atoms with Crippen molar-refractivity contribution in [2.75, 3.05) is 10.6 Å². The molecule has 8 heteroatoms. The van der Waals surface area contributed by atoms with E-state index in [1.54, 1.807) is 49.4 Å². The van der Waals surface area contributed by atoms with Crippen LogP contribution >= 0.6 is 23.2 Å². The fraction of sp³-hybridized carbons (Fsp3) is 0.0526.